The molecule has 0 radical (unpaired) electrons. The summed E-state index contributed by atoms with van der Waals surface area (Å²) in [5.74, 6) is 1.32. The zero-order chi connectivity index (χ0) is 13.1. The molecular weight excluding hydrogens is 240 g/mol. The fourth-order valence-corrected chi connectivity index (χ4v) is 3.62. The van der Waals surface area contributed by atoms with Crippen molar-refractivity contribution in [1.29, 1.82) is 0 Å². The lowest BCUT2D eigenvalue weighted by Gasteiger charge is -2.44. The van der Waals surface area contributed by atoms with E-state index in [1.807, 2.05) is 0 Å². The maximum atomic E-state index is 5.48. The van der Waals surface area contributed by atoms with Gasteiger partial charge in [0.25, 0.3) is 0 Å². The van der Waals surface area contributed by atoms with E-state index in [0.29, 0.717) is 17.9 Å². The molecule has 1 aromatic rings. The second kappa shape index (κ2) is 5.59. The van der Waals surface area contributed by atoms with E-state index in [0.717, 1.165) is 12.4 Å². The molecule has 1 saturated heterocycles. The largest absolute Gasteiger partial charge is 0.338 e. The normalized spacial score (nSPS) is 23.8. The molecule has 2 aliphatic rings. The Morgan fingerprint density at radius 2 is 1.84 bits per heavy atom. The Morgan fingerprint density at radius 3 is 2.47 bits per heavy atom. The summed E-state index contributed by atoms with van der Waals surface area (Å²) in [5.41, 5.74) is 6.14. The van der Waals surface area contributed by atoms with Gasteiger partial charge in [-0.25, -0.2) is 0 Å². The van der Waals surface area contributed by atoms with Crippen molar-refractivity contribution in [3.05, 3.63) is 11.7 Å². The van der Waals surface area contributed by atoms with Gasteiger partial charge in [-0.05, 0) is 44.2 Å². The molecule has 2 N–H and O–H groups in total. The highest BCUT2D eigenvalue weighted by Crippen LogP contribution is 2.44. The standard InChI is InChI=1S/C14H24N4O/c15-10-13-16-12(17-19-13)11-18-8-6-14(7-9-18)4-2-1-3-5-14/h1-11,15H2. The van der Waals surface area contributed by atoms with Crippen molar-refractivity contribution in [1.82, 2.24) is 15.0 Å². The zero-order valence-corrected chi connectivity index (χ0v) is 11.6. The highest BCUT2D eigenvalue weighted by molar-refractivity contribution is 4.91. The topological polar surface area (TPSA) is 68.2 Å². The minimum Gasteiger partial charge on any atom is -0.338 e. The molecule has 5 heteroatoms. The highest BCUT2D eigenvalue weighted by atomic mass is 16.5. The molecule has 5 nitrogen and oxygen atoms in total. The van der Waals surface area contributed by atoms with E-state index in [-0.39, 0.29) is 0 Å². The molecule has 1 aliphatic heterocycles. The first-order valence-corrected chi connectivity index (χ1v) is 7.54. The van der Waals surface area contributed by atoms with Gasteiger partial charge in [0, 0.05) is 0 Å². The quantitative estimate of drug-likeness (QED) is 0.905. The van der Waals surface area contributed by atoms with Crippen LogP contribution in [0.4, 0.5) is 0 Å². The lowest BCUT2D eigenvalue weighted by Crippen LogP contribution is -2.40. The molecular formula is C14H24N4O. The molecule has 1 aromatic heterocycles. The van der Waals surface area contributed by atoms with Crippen LogP contribution >= 0.6 is 0 Å². The van der Waals surface area contributed by atoms with E-state index in [2.05, 4.69) is 15.0 Å². The number of piperidine rings is 1. The van der Waals surface area contributed by atoms with Crippen LogP contribution in [0.2, 0.25) is 0 Å². The van der Waals surface area contributed by atoms with E-state index < -0.39 is 0 Å². The Bertz CT molecular complexity index is 401. The average Bonchev–Trinajstić information content (AvgIpc) is 2.90. The fourth-order valence-electron chi connectivity index (χ4n) is 3.62. The summed E-state index contributed by atoms with van der Waals surface area (Å²) in [6.07, 6.45) is 9.88. The van der Waals surface area contributed by atoms with Crippen molar-refractivity contribution in [2.75, 3.05) is 13.1 Å². The molecule has 0 amide bonds. The van der Waals surface area contributed by atoms with Crippen LogP contribution in [-0.4, -0.2) is 28.1 Å². The Morgan fingerprint density at radius 1 is 1.11 bits per heavy atom. The number of hydrogen-bond acceptors (Lipinski definition) is 5. The van der Waals surface area contributed by atoms with Crippen LogP contribution in [0.15, 0.2) is 4.52 Å². The van der Waals surface area contributed by atoms with Crippen molar-refractivity contribution >= 4 is 0 Å². The van der Waals surface area contributed by atoms with Crippen LogP contribution in [0.3, 0.4) is 0 Å². The molecule has 19 heavy (non-hydrogen) atoms. The monoisotopic (exact) mass is 264 g/mol. The van der Waals surface area contributed by atoms with Crippen molar-refractivity contribution in [2.24, 2.45) is 11.1 Å². The van der Waals surface area contributed by atoms with Gasteiger partial charge in [0.2, 0.25) is 5.89 Å². The lowest BCUT2D eigenvalue weighted by molar-refractivity contribution is 0.0625. The number of aromatic nitrogens is 2. The van der Waals surface area contributed by atoms with E-state index in [1.165, 1.54) is 58.0 Å². The fraction of sp³-hybridized carbons (Fsp3) is 0.857. The third-order valence-electron chi connectivity index (χ3n) is 4.88. The first kappa shape index (κ1) is 13.1. The van der Waals surface area contributed by atoms with Gasteiger partial charge in [-0.3, -0.25) is 4.90 Å². The summed E-state index contributed by atoms with van der Waals surface area (Å²) in [5, 5.41) is 3.98. The summed E-state index contributed by atoms with van der Waals surface area (Å²) in [6, 6.07) is 0. The Kier molecular flexibility index (Phi) is 3.84. The second-order valence-corrected chi connectivity index (χ2v) is 6.15. The summed E-state index contributed by atoms with van der Waals surface area (Å²) in [4.78, 5) is 6.73. The molecule has 0 atom stereocenters. The number of nitrogens with zero attached hydrogens (tertiary/aromatic N) is 3. The zero-order valence-electron chi connectivity index (χ0n) is 11.6. The van der Waals surface area contributed by atoms with Crippen LogP contribution in [-0.2, 0) is 13.1 Å². The number of likely N-dealkylation sites (tertiary alicyclic amines) is 1. The van der Waals surface area contributed by atoms with Crippen LogP contribution in [0.5, 0.6) is 0 Å². The van der Waals surface area contributed by atoms with Gasteiger partial charge in [-0.2, -0.15) is 4.98 Å². The maximum absolute atomic E-state index is 5.48. The van der Waals surface area contributed by atoms with Crippen molar-refractivity contribution < 1.29 is 4.52 Å². The molecule has 0 bridgehead atoms. The third kappa shape index (κ3) is 2.98. The van der Waals surface area contributed by atoms with Crippen LogP contribution in [0.1, 0.15) is 56.7 Å². The third-order valence-corrected chi connectivity index (χ3v) is 4.88. The van der Waals surface area contributed by atoms with E-state index >= 15 is 0 Å². The van der Waals surface area contributed by atoms with E-state index in [9.17, 15) is 0 Å². The highest BCUT2D eigenvalue weighted by Gasteiger charge is 2.35. The summed E-state index contributed by atoms with van der Waals surface area (Å²) in [7, 11) is 0. The van der Waals surface area contributed by atoms with Gasteiger partial charge in [-0.1, -0.05) is 24.4 Å². The van der Waals surface area contributed by atoms with Gasteiger partial charge in [0.15, 0.2) is 5.82 Å². The minimum atomic E-state index is 0.329. The van der Waals surface area contributed by atoms with Crippen LogP contribution in [0, 0.1) is 5.41 Å². The van der Waals surface area contributed by atoms with Gasteiger partial charge < -0.3 is 10.3 Å². The second-order valence-electron chi connectivity index (χ2n) is 6.15. The molecule has 2 fully saturated rings. The number of hydrogen-bond donors (Lipinski definition) is 1. The Labute approximate surface area is 114 Å². The van der Waals surface area contributed by atoms with Crippen LogP contribution in [0.25, 0.3) is 0 Å². The van der Waals surface area contributed by atoms with Gasteiger partial charge in [0.05, 0.1) is 13.1 Å². The molecule has 1 spiro atoms. The summed E-state index contributed by atoms with van der Waals surface area (Å²) >= 11 is 0. The average molecular weight is 264 g/mol. The number of nitrogens with two attached hydrogens (primary N) is 1. The smallest absolute Gasteiger partial charge is 0.240 e. The molecule has 0 aromatic carbocycles. The molecule has 0 unspecified atom stereocenters. The predicted molar refractivity (Wildman–Crippen MR) is 72.2 cm³/mol. The van der Waals surface area contributed by atoms with Gasteiger partial charge >= 0.3 is 0 Å². The SMILES string of the molecule is NCc1nc(CN2CCC3(CCCCC3)CC2)no1. The van der Waals surface area contributed by atoms with E-state index in [1.54, 1.807) is 0 Å². The molecule has 1 aliphatic carbocycles. The molecule has 106 valence electrons. The minimum absolute atomic E-state index is 0.329. The first-order chi connectivity index (χ1) is 9.30. The first-order valence-electron chi connectivity index (χ1n) is 7.54. The Balaban J connectivity index is 1.52. The molecule has 3 rings (SSSR count). The van der Waals surface area contributed by atoms with E-state index in [4.69, 9.17) is 10.3 Å². The number of rotatable bonds is 3. The molecule has 2 heterocycles. The van der Waals surface area contributed by atoms with Crippen LogP contribution < -0.4 is 5.73 Å². The lowest BCUT2D eigenvalue weighted by atomic mass is 9.68. The maximum Gasteiger partial charge on any atom is 0.240 e. The van der Waals surface area contributed by atoms with Gasteiger partial charge in [-0.15, -0.1) is 0 Å². The van der Waals surface area contributed by atoms with Gasteiger partial charge in [0.1, 0.15) is 0 Å². The van der Waals surface area contributed by atoms with Crippen molar-refractivity contribution in [2.45, 2.75) is 58.0 Å². The predicted octanol–water partition coefficient (Wildman–Crippen LogP) is 2.07. The molecule has 1 saturated carbocycles. The Hall–Kier alpha value is -0.940. The van der Waals surface area contributed by atoms with Crippen molar-refractivity contribution in [3.63, 3.8) is 0 Å². The summed E-state index contributed by atoms with van der Waals surface area (Å²) < 4.78 is 5.05. The van der Waals surface area contributed by atoms with Crippen molar-refractivity contribution in [3.8, 4) is 0 Å². The summed E-state index contributed by atoms with van der Waals surface area (Å²) in [6.45, 7) is 3.48.